The minimum absolute atomic E-state index is 0.108. The summed E-state index contributed by atoms with van der Waals surface area (Å²) >= 11 is 12.0. The molecule has 0 aromatic heterocycles. The molecule has 0 radical (unpaired) electrons. The van der Waals surface area contributed by atoms with Crippen molar-refractivity contribution in [1.82, 2.24) is 0 Å². The zero-order chi connectivity index (χ0) is 11.7. The van der Waals surface area contributed by atoms with Gasteiger partial charge in [-0.05, 0) is 18.2 Å². The maximum absolute atomic E-state index is 10.9. The van der Waals surface area contributed by atoms with Crippen LogP contribution < -0.4 is 5.32 Å². The van der Waals surface area contributed by atoms with E-state index in [1.165, 1.54) is 6.92 Å². The molecule has 0 atom stereocenters. The standard InChI is InChI=1S/C12H9Cl2NO/c1-7(16)15-8-2-4-9-10(5-3-8)12(14)6-11(9)13/h2-6H,1H3,(H,15,16). The number of nitrogens with one attached hydrogen (secondary N) is 1. The Kier molecular flexibility index (Phi) is 3.03. The van der Waals surface area contributed by atoms with Gasteiger partial charge in [0.25, 0.3) is 0 Å². The highest BCUT2D eigenvalue weighted by Crippen LogP contribution is 2.38. The Balaban J connectivity index is 2.52. The van der Waals surface area contributed by atoms with Crippen LogP contribution in [0.4, 0.5) is 5.69 Å². The molecule has 2 rings (SSSR count). The van der Waals surface area contributed by atoms with Crippen LogP contribution in [-0.4, -0.2) is 5.91 Å². The number of hydrogen-bond donors (Lipinski definition) is 1. The van der Waals surface area contributed by atoms with Gasteiger partial charge in [0.1, 0.15) is 0 Å². The Morgan fingerprint density at radius 3 is 2.00 bits per heavy atom. The smallest absolute Gasteiger partial charge is 0.221 e. The lowest BCUT2D eigenvalue weighted by molar-refractivity contribution is -0.114. The van der Waals surface area contributed by atoms with Crippen molar-refractivity contribution in [2.45, 2.75) is 6.92 Å². The van der Waals surface area contributed by atoms with Gasteiger partial charge in [0.2, 0.25) is 5.91 Å². The van der Waals surface area contributed by atoms with Gasteiger partial charge in [-0.25, -0.2) is 0 Å². The maximum atomic E-state index is 10.9. The van der Waals surface area contributed by atoms with Crippen LogP contribution in [0.1, 0.15) is 6.92 Å². The summed E-state index contributed by atoms with van der Waals surface area (Å²) in [6, 6.07) is 8.99. The minimum atomic E-state index is -0.108. The van der Waals surface area contributed by atoms with Gasteiger partial charge in [-0.3, -0.25) is 4.79 Å². The summed E-state index contributed by atoms with van der Waals surface area (Å²) in [6.45, 7) is 1.46. The lowest BCUT2D eigenvalue weighted by Crippen LogP contribution is -2.04. The monoisotopic (exact) mass is 253 g/mol. The van der Waals surface area contributed by atoms with Crippen molar-refractivity contribution in [3.8, 4) is 11.1 Å². The highest BCUT2D eigenvalue weighted by atomic mass is 35.5. The van der Waals surface area contributed by atoms with E-state index in [1.54, 1.807) is 18.2 Å². The first-order valence-electron chi connectivity index (χ1n) is 4.73. The Bertz CT molecular complexity index is 488. The number of carbonyl (C=O) groups excluding carboxylic acids is 1. The van der Waals surface area contributed by atoms with Crippen LogP contribution in [0, 0.1) is 0 Å². The molecule has 0 saturated heterocycles. The number of fused-ring (bicyclic) bond motifs is 1. The molecule has 0 unspecified atom stereocenters. The second-order valence-electron chi connectivity index (χ2n) is 3.47. The van der Waals surface area contributed by atoms with Crippen LogP contribution >= 0.6 is 23.2 Å². The molecular weight excluding hydrogens is 245 g/mol. The van der Waals surface area contributed by atoms with E-state index in [0.717, 1.165) is 16.8 Å². The quantitative estimate of drug-likeness (QED) is 0.816. The number of rotatable bonds is 1. The fraction of sp³-hybridized carbons (Fsp3) is 0.0833. The van der Waals surface area contributed by atoms with Gasteiger partial charge < -0.3 is 5.32 Å². The molecule has 0 bridgehead atoms. The second-order valence-corrected chi connectivity index (χ2v) is 4.29. The molecule has 4 heteroatoms. The third kappa shape index (κ3) is 2.13. The summed E-state index contributed by atoms with van der Waals surface area (Å²) in [5.41, 5.74) is 2.47. The molecule has 1 amide bonds. The van der Waals surface area contributed by atoms with Crippen LogP contribution in [0.2, 0.25) is 10.0 Å². The number of anilines is 1. The van der Waals surface area contributed by atoms with Crippen molar-refractivity contribution in [2.75, 3.05) is 5.32 Å². The van der Waals surface area contributed by atoms with E-state index in [4.69, 9.17) is 23.2 Å². The van der Waals surface area contributed by atoms with Crippen LogP contribution in [-0.2, 0) is 4.79 Å². The van der Waals surface area contributed by atoms with E-state index < -0.39 is 0 Å². The van der Waals surface area contributed by atoms with Crippen molar-refractivity contribution >= 4 is 34.8 Å². The van der Waals surface area contributed by atoms with Gasteiger partial charge in [0.15, 0.2) is 0 Å². The number of halogens is 2. The average molecular weight is 254 g/mol. The summed E-state index contributed by atoms with van der Waals surface area (Å²) in [7, 11) is 0. The molecule has 2 nitrogen and oxygen atoms in total. The van der Waals surface area contributed by atoms with Gasteiger partial charge >= 0.3 is 0 Å². The Labute approximate surface area is 104 Å². The van der Waals surface area contributed by atoms with E-state index >= 15 is 0 Å². The zero-order valence-corrected chi connectivity index (χ0v) is 10.1. The van der Waals surface area contributed by atoms with Gasteiger partial charge in [-0.2, -0.15) is 0 Å². The topological polar surface area (TPSA) is 29.1 Å². The summed E-state index contributed by atoms with van der Waals surface area (Å²) < 4.78 is 0. The first kappa shape index (κ1) is 11.2. The minimum Gasteiger partial charge on any atom is -0.326 e. The van der Waals surface area contributed by atoms with E-state index in [-0.39, 0.29) is 5.91 Å². The lowest BCUT2D eigenvalue weighted by Gasteiger charge is -1.96. The van der Waals surface area contributed by atoms with Crippen molar-refractivity contribution in [3.05, 3.63) is 40.4 Å². The molecule has 16 heavy (non-hydrogen) atoms. The predicted molar refractivity (Wildman–Crippen MR) is 67.4 cm³/mol. The molecule has 82 valence electrons. The van der Waals surface area contributed by atoms with Gasteiger partial charge in [0.05, 0.1) is 0 Å². The molecule has 0 spiro atoms. The largest absolute Gasteiger partial charge is 0.326 e. The predicted octanol–water partition coefficient (Wildman–Crippen LogP) is 4.06. The number of hydrogen-bond acceptors (Lipinski definition) is 1. The van der Waals surface area contributed by atoms with E-state index in [2.05, 4.69) is 5.32 Å². The average Bonchev–Trinajstić information content (AvgIpc) is 2.37. The molecule has 1 N–H and O–H groups in total. The molecule has 0 fully saturated rings. The highest BCUT2D eigenvalue weighted by Gasteiger charge is 2.11. The number of carbonyl (C=O) groups is 1. The molecule has 2 aliphatic carbocycles. The summed E-state index contributed by atoms with van der Waals surface area (Å²) in [5, 5.41) is 3.93. The van der Waals surface area contributed by atoms with E-state index in [9.17, 15) is 4.79 Å². The molecular formula is C12H9Cl2NO. The van der Waals surface area contributed by atoms with Crippen molar-refractivity contribution < 1.29 is 4.79 Å². The van der Waals surface area contributed by atoms with Crippen LogP contribution in [0.15, 0.2) is 30.3 Å². The molecule has 0 aromatic rings. The summed E-state index contributed by atoms with van der Waals surface area (Å²) in [5.74, 6) is -0.108. The third-order valence-electron chi connectivity index (χ3n) is 2.24. The van der Waals surface area contributed by atoms with Gasteiger partial charge in [0, 0.05) is 33.8 Å². The zero-order valence-electron chi connectivity index (χ0n) is 8.55. The van der Waals surface area contributed by atoms with Crippen LogP contribution in [0.5, 0.6) is 0 Å². The maximum Gasteiger partial charge on any atom is 0.221 e. The highest BCUT2D eigenvalue weighted by molar-refractivity contribution is 6.40. The number of amides is 1. The lowest BCUT2D eigenvalue weighted by atomic mass is 10.2. The molecule has 2 aliphatic rings. The van der Waals surface area contributed by atoms with Crippen LogP contribution in [0.25, 0.3) is 11.1 Å². The Morgan fingerprint density at radius 1 is 1.06 bits per heavy atom. The van der Waals surface area contributed by atoms with Gasteiger partial charge in [-0.15, -0.1) is 0 Å². The first-order chi connectivity index (χ1) is 7.58. The fourth-order valence-electron chi connectivity index (χ4n) is 1.55. The van der Waals surface area contributed by atoms with Crippen molar-refractivity contribution in [2.24, 2.45) is 0 Å². The van der Waals surface area contributed by atoms with Gasteiger partial charge in [-0.1, -0.05) is 35.3 Å². The van der Waals surface area contributed by atoms with Crippen molar-refractivity contribution in [3.63, 3.8) is 0 Å². The Hall–Kier alpha value is -1.25. The summed E-state index contributed by atoms with van der Waals surface area (Å²) in [4.78, 5) is 10.9. The first-order valence-corrected chi connectivity index (χ1v) is 5.49. The van der Waals surface area contributed by atoms with E-state index in [0.29, 0.717) is 10.0 Å². The molecule has 0 aliphatic heterocycles. The molecule has 0 aromatic carbocycles. The Morgan fingerprint density at radius 2 is 1.56 bits per heavy atom. The SMILES string of the molecule is CC(=O)Nc1ccc2c(Cl)cc(Cl)c-2cc1. The van der Waals surface area contributed by atoms with Crippen molar-refractivity contribution in [1.29, 1.82) is 0 Å². The summed E-state index contributed by atoms with van der Waals surface area (Å²) in [6.07, 6.45) is 0. The second kappa shape index (κ2) is 4.32. The van der Waals surface area contributed by atoms with E-state index in [1.807, 2.05) is 12.1 Å². The normalized spacial score (nSPS) is 10.4. The third-order valence-corrected chi connectivity index (χ3v) is 2.86. The molecule has 0 saturated carbocycles. The molecule has 0 heterocycles. The fourth-order valence-corrected chi connectivity index (χ4v) is 2.15. The van der Waals surface area contributed by atoms with Crippen LogP contribution in [0.3, 0.4) is 0 Å².